The van der Waals surface area contributed by atoms with Crippen LogP contribution in [0.25, 0.3) is 0 Å². The van der Waals surface area contributed by atoms with E-state index in [0.717, 1.165) is 6.42 Å². The zero-order chi connectivity index (χ0) is 14.2. The second-order valence-corrected chi connectivity index (χ2v) is 7.08. The Morgan fingerprint density at radius 2 is 2.05 bits per heavy atom. The molecule has 0 aromatic carbocycles. The lowest BCUT2D eigenvalue weighted by atomic mass is 9.65. The van der Waals surface area contributed by atoms with Crippen LogP contribution in [-0.2, 0) is 4.79 Å². The van der Waals surface area contributed by atoms with Crippen LogP contribution in [0.15, 0.2) is 22.8 Å². The molecule has 0 aromatic rings. The zero-order valence-electron chi connectivity index (χ0n) is 12.6. The fourth-order valence-corrected chi connectivity index (χ4v) is 3.56. The van der Waals surface area contributed by atoms with E-state index in [-0.39, 0.29) is 5.41 Å². The van der Waals surface area contributed by atoms with Crippen molar-refractivity contribution < 1.29 is 9.90 Å². The molecule has 2 heteroatoms. The van der Waals surface area contributed by atoms with Crippen LogP contribution < -0.4 is 0 Å². The molecule has 2 nitrogen and oxygen atoms in total. The van der Waals surface area contributed by atoms with E-state index in [4.69, 9.17) is 0 Å². The van der Waals surface area contributed by atoms with Gasteiger partial charge < -0.3 is 5.11 Å². The predicted molar refractivity (Wildman–Crippen MR) is 77.9 cm³/mol. The molecule has 106 valence electrons. The molecule has 0 radical (unpaired) electrons. The molecule has 1 fully saturated rings. The number of hydrogen-bond acceptors (Lipinski definition) is 1. The van der Waals surface area contributed by atoms with Crippen molar-refractivity contribution in [2.45, 2.75) is 59.8 Å². The Kier molecular flexibility index (Phi) is 3.89. The van der Waals surface area contributed by atoms with Gasteiger partial charge in [0, 0.05) is 11.5 Å². The van der Waals surface area contributed by atoms with Gasteiger partial charge in [0.1, 0.15) is 0 Å². The van der Waals surface area contributed by atoms with Gasteiger partial charge in [0.2, 0.25) is 0 Å². The molecule has 0 saturated heterocycles. The maximum absolute atomic E-state index is 11.5. The van der Waals surface area contributed by atoms with Crippen LogP contribution in [0.4, 0.5) is 0 Å². The Bertz CT molecular complexity index is 435. The third-order valence-corrected chi connectivity index (χ3v) is 4.47. The van der Waals surface area contributed by atoms with Gasteiger partial charge in [0.25, 0.3) is 0 Å². The first-order chi connectivity index (χ1) is 8.84. The Morgan fingerprint density at radius 1 is 1.37 bits per heavy atom. The molecule has 19 heavy (non-hydrogen) atoms. The molecule has 0 unspecified atom stereocenters. The van der Waals surface area contributed by atoms with E-state index in [2.05, 4.69) is 13.0 Å². The fraction of sp³-hybridized carbons (Fsp3) is 0.706. The van der Waals surface area contributed by atoms with E-state index in [1.54, 1.807) is 5.57 Å². The second-order valence-electron chi connectivity index (χ2n) is 7.08. The highest BCUT2D eigenvalue weighted by Gasteiger charge is 2.43. The van der Waals surface area contributed by atoms with Gasteiger partial charge in [-0.1, -0.05) is 51.3 Å². The van der Waals surface area contributed by atoms with Crippen molar-refractivity contribution in [3.63, 3.8) is 0 Å². The van der Waals surface area contributed by atoms with E-state index >= 15 is 0 Å². The summed E-state index contributed by atoms with van der Waals surface area (Å²) in [5.41, 5.74) is 3.15. The van der Waals surface area contributed by atoms with Crippen LogP contribution in [0.2, 0.25) is 0 Å². The molecular weight excluding hydrogens is 236 g/mol. The topological polar surface area (TPSA) is 37.3 Å². The van der Waals surface area contributed by atoms with Crippen molar-refractivity contribution in [3.8, 4) is 0 Å². The highest BCUT2D eigenvalue weighted by Crippen LogP contribution is 2.53. The molecule has 2 rings (SSSR count). The number of hydrogen-bond donors (Lipinski definition) is 1. The summed E-state index contributed by atoms with van der Waals surface area (Å²) in [6.07, 6.45) is 8.26. The van der Waals surface area contributed by atoms with Crippen LogP contribution in [0.1, 0.15) is 59.8 Å². The third kappa shape index (κ3) is 2.77. The van der Waals surface area contributed by atoms with Crippen LogP contribution in [0.3, 0.4) is 0 Å². The van der Waals surface area contributed by atoms with Gasteiger partial charge in [0.05, 0.1) is 0 Å². The largest absolute Gasteiger partial charge is 0.478 e. The first-order valence-electron chi connectivity index (χ1n) is 7.51. The summed E-state index contributed by atoms with van der Waals surface area (Å²) >= 11 is 0. The zero-order valence-corrected chi connectivity index (χ0v) is 12.6. The molecule has 0 spiro atoms. The molecule has 0 aliphatic heterocycles. The standard InChI is InChI=1S/C17H26O2/c1-5-6-7-11-8-12-10-14(13(12)9-11)15(16(18)19)17(2,3)4/h9,12-13H,5-8,10H2,1-4H3,(H,18,19)/t12-,13-/m0/s1. The van der Waals surface area contributed by atoms with E-state index in [9.17, 15) is 9.90 Å². The van der Waals surface area contributed by atoms with Crippen LogP contribution in [0.5, 0.6) is 0 Å². The minimum Gasteiger partial charge on any atom is -0.478 e. The second kappa shape index (κ2) is 5.15. The molecule has 0 amide bonds. The monoisotopic (exact) mass is 262 g/mol. The minimum atomic E-state index is -0.726. The summed E-state index contributed by atoms with van der Waals surface area (Å²) in [4.78, 5) is 11.5. The highest BCUT2D eigenvalue weighted by atomic mass is 16.4. The van der Waals surface area contributed by atoms with Gasteiger partial charge in [-0.2, -0.15) is 0 Å². The van der Waals surface area contributed by atoms with Crippen molar-refractivity contribution in [3.05, 3.63) is 22.8 Å². The fourth-order valence-electron chi connectivity index (χ4n) is 3.56. The third-order valence-electron chi connectivity index (χ3n) is 4.47. The Labute approximate surface area is 116 Å². The summed E-state index contributed by atoms with van der Waals surface area (Å²) < 4.78 is 0. The van der Waals surface area contributed by atoms with Crippen molar-refractivity contribution in [2.75, 3.05) is 0 Å². The maximum Gasteiger partial charge on any atom is 0.332 e. The van der Waals surface area contributed by atoms with Crippen molar-refractivity contribution >= 4 is 5.97 Å². The molecule has 2 aliphatic carbocycles. The maximum atomic E-state index is 11.5. The van der Waals surface area contributed by atoms with E-state index in [1.807, 2.05) is 20.8 Å². The molecule has 2 aliphatic rings. The highest BCUT2D eigenvalue weighted by molar-refractivity contribution is 5.89. The van der Waals surface area contributed by atoms with Crippen molar-refractivity contribution in [2.24, 2.45) is 17.3 Å². The number of carboxylic acid groups (broad SMARTS) is 1. The first-order valence-corrected chi connectivity index (χ1v) is 7.51. The number of allylic oxidation sites excluding steroid dienone is 3. The Hall–Kier alpha value is -1.05. The van der Waals surface area contributed by atoms with Gasteiger partial charge in [-0.05, 0) is 37.0 Å². The summed E-state index contributed by atoms with van der Waals surface area (Å²) in [7, 11) is 0. The van der Waals surface area contributed by atoms with Gasteiger partial charge in [0.15, 0.2) is 0 Å². The number of unbranched alkanes of at least 4 members (excludes halogenated alkanes) is 1. The molecule has 0 heterocycles. The summed E-state index contributed by atoms with van der Waals surface area (Å²) in [6.45, 7) is 8.24. The SMILES string of the molecule is CCCCC1=C[C@@H]2C(=C(C(=O)O)C(C)(C)C)C[C@@H]2C1. The summed E-state index contributed by atoms with van der Waals surface area (Å²) in [5, 5.41) is 9.49. The number of carbonyl (C=O) groups is 1. The lowest BCUT2D eigenvalue weighted by molar-refractivity contribution is -0.133. The van der Waals surface area contributed by atoms with E-state index < -0.39 is 5.97 Å². The van der Waals surface area contributed by atoms with Crippen LogP contribution >= 0.6 is 0 Å². The smallest absolute Gasteiger partial charge is 0.332 e. The van der Waals surface area contributed by atoms with Gasteiger partial charge in [-0.15, -0.1) is 0 Å². The summed E-state index contributed by atoms with van der Waals surface area (Å²) in [6, 6.07) is 0. The normalized spacial score (nSPS) is 28.5. The van der Waals surface area contributed by atoms with E-state index in [0.29, 0.717) is 17.4 Å². The summed E-state index contributed by atoms with van der Waals surface area (Å²) in [5.74, 6) is 0.395. The quantitative estimate of drug-likeness (QED) is 0.595. The Balaban J connectivity index is 2.20. The molecular formula is C17H26O2. The van der Waals surface area contributed by atoms with Crippen molar-refractivity contribution in [1.82, 2.24) is 0 Å². The molecule has 0 aromatic heterocycles. The first kappa shape index (κ1) is 14.4. The average molecular weight is 262 g/mol. The van der Waals surface area contributed by atoms with Gasteiger partial charge in [-0.3, -0.25) is 0 Å². The van der Waals surface area contributed by atoms with Gasteiger partial charge >= 0.3 is 5.97 Å². The lowest BCUT2D eigenvalue weighted by Crippen LogP contribution is -2.31. The molecule has 1 N–H and O–H groups in total. The number of carboxylic acids is 1. The van der Waals surface area contributed by atoms with Crippen LogP contribution in [0, 0.1) is 17.3 Å². The predicted octanol–water partition coefficient (Wildman–Crippen LogP) is 4.57. The molecule has 1 saturated carbocycles. The van der Waals surface area contributed by atoms with Crippen LogP contribution in [-0.4, -0.2) is 11.1 Å². The average Bonchev–Trinajstić information content (AvgIpc) is 2.58. The van der Waals surface area contributed by atoms with E-state index in [1.165, 1.54) is 31.3 Å². The van der Waals surface area contributed by atoms with Gasteiger partial charge in [-0.25, -0.2) is 4.79 Å². The van der Waals surface area contributed by atoms with Crippen molar-refractivity contribution in [1.29, 1.82) is 0 Å². The lowest BCUT2D eigenvalue weighted by Gasteiger charge is -2.38. The number of fused-ring (bicyclic) bond motifs is 1. The molecule has 0 bridgehead atoms. The molecule has 2 atom stereocenters. The minimum absolute atomic E-state index is 0.258. The Morgan fingerprint density at radius 3 is 2.58 bits per heavy atom. The number of aliphatic carboxylic acids is 1. The number of rotatable bonds is 4.